The quantitative estimate of drug-likeness (QED) is 0.333. The van der Waals surface area contributed by atoms with E-state index < -0.39 is 11.2 Å². The highest BCUT2D eigenvalue weighted by Crippen LogP contribution is 2.32. The van der Waals surface area contributed by atoms with Gasteiger partial charge in [-0.1, -0.05) is 36.8 Å². The van der Waals surface area contributed by atoms with Gasteiger partial charge in [0.2, 0.25) is 0 Å². The van der Waals surface area contributed by atoms with Crippen molar-refractivity contribution in [3.8, 4) is 0 Å². The molecule has 0 spiro atoms. The Labute approximate surface area is 180 Å². The highest BCUT2D eigenvalue weighted by atomic mass is 79.9. The molecule has 1 heterocycles. The number of carbonyl (C=O) groups is 1. The number of aromatic amines is 1. The standard InChI is InChI=1S/C21H27BrN2O4.CH4/c1-14(2)5-4-6-15(3)7-8-28-13-17-10-18(9-16(17)12-25)24-11-19(22)20(26)23-21(24)27;/h5,7,9,11-12,17-18H,4,6,8,10,13H2,1-3H3,(H,23,26,27);1H4/b15-7+;. The minimum Gasteiger partial charge on any atom is -0.377 e. The van der Waals surface area contributed by atoms with E-state index in [0.29, 0.717) is 25.2 Å². The molecule has 0 aliphatic heterocycles. The number of halogens is 1. The van der Waals surface area contributed by atoms with Crippen LogP contribution in [0.4, 0.5) is 0 Å². The largest absolute Gasteiger partial charge is 0.377 e. The summed E-state index contributed by atoms with van der Waals surface area (Å²) in [6.45, 7) is 7.19. The molecule has 6 nitrogen and oxygen atoms in total. The summed E-state index contributed by atoms with van der Waals surface area (Å²) < 4.78 is 7.47. The summed E-state index contributed by atoms with van der Waals surface area (Å²) in [4.78, 5) is 37.3. The van der Waals surface area contributed by atoms with E-state index >= 15 is 0 Å². The lowest BCUT2D eigenvalue weighted by Gasteiger charge is -2.15. The number of ether oxygens (including phenoxy) is 1. The fourth-order valence-corrected chi connectivity index (χ4v) is 3.48. The number of hydrogen-bond acceptors (Lipinski definition) is 4. The van der Waals surface area contributed by atoms with Gasteiger partial charge in [-0.3, -0.25) is 19.1 Å². The monoisotopic (exact) mass is 466 g/mol. The average molecular weight is 467 g/mol. The second kappa shape index (κ2) is 11.9. The molecule has 0 amide bonds. The molecule has 1 N–H and O–H groups in total. The number of allylic oxidation sites excluding steroid dienone is 4. The Morgan fingerprint density at radius 3 is 2.69 bits per heavy atom. The molecule has 1 aromatic heterocycles. The van der Waals surface area contributed by atoms with Crippen molar-refractivity contribution in [3.63, 3.8) is 0 Å². The lowest BCUT2D eigenvalue weighted by Crippen LogP contribution is -2.31. The van der Waals surface area contributed by atoms with Gasteiger partial charge in [0.1, 0.15) is 6.29 Å². The molecule has 2 atom stereocenters. The summed E-state index contributed by atoms with van der Waals surface area (Å²) in [7, 11) is 0. The van der Waals surface area contributed by atoms with Crippen molar-refractivity contribution in [2.45, 2.75) is 53.5 Å². The van der Waals surface area contributed by atoms with Gasteiger partial charge >= 0.3 is 5.69 Å². The molecule has 0 fully saturated rings. The normalized spacial score (nSPS) is 18.8. The van der Waals surface area contributed by atoms with Crippen LogP contribution in [0.3, 0.4) is 0 Å². The first-order valence-corrected chi connectivity index (χ1v) is 10.2. The first-order valence-electron chi connectivity index (χ1n) is 9.36. The molecule has 0 saturated heterocycles. The van der Waals surface area contributed by atoms with Crippen LogP contribution < -0.4 is 11.2 Å². The first-order chi connectivity index (χ1) is 13.3. The Morgan fingerprint density at radius 2 is 2.03 bits per heavy atom. The van der Waals surface area contributed by atoms with Gasteiger partial charge in [0.15, 0.2) is 0 Å². The van der Waals surface area contributed by atoms with Crippen LogP contribution in [0.25, 0.3) is 0 Å². The molecule has 2 unspecified atom stereocenters. The Kier molecular flexibility index (Phi) is 10.3. The predicted molar refractivity (Wildman–Crippen MR) is 120 cm³/mol. The summed E-state index contributed by atoms with van der Waals surface area (Å²) in [5.74, 6) is -0.0699. The molecular weight excluding hydrogens is 436 g/mol. The number of aromatic nitrogens is 2. The lowest BCUT2D eigenvalue weighted by atomic mass is 10.0. The number of nitrogens with one attached hydrogen (secondary N) is 1. The first kappa shape index (κ1) is 25.0. The van der Waals surface area contributed by atoms with Gasteiger partial charge in [0.05, 0.1) is 23.7 Å². The molecule has 1 aromatic rings. The zero-order valence-corrected chi connectivity index (χ0v) is 18.1. The Bertz CT molecular complexity index is 904. The molecule has 2 rings (SSSR count). The second-order valence-electron chi connectivity index (χ2n) is 7.34. The van der Waals surface area contributed by atoms with E-state index in [9.17, 15) is 14.4 Å². The van der Waals surface area contributed by atoms with E-state index in [0.717, 1.165) is 19.1 Å². The van der Waals surface area contributed by atoms with Crippen molar-refractivity contribution in [2.24, 2.45) is 5.92 Å². The predicted octanol–water partition coefficient (Wildman–Crippen LogP) is 4.33. The van der Waals surface area contributed by atoms with Crippen LogP contribution in [0.2, 0.25) is 0 Å². The molecule has 0 radical (unpaired) electrons. The average Bonchev–Trinajstić information content (AvgIpc) is 3.04. The maximum atomic E-state index is 12.1. The number of aldehydes is 1. The number of carbonyl (C=O) groups excluding carboxylic acids is 1. The van der Waals surface area contributed by atoms with Crippen molar-refractivity contribution in [1.82, 2.24) is 9.55 Å². The molecule has 160 valence electrons. The molecule has 7 heteroatoms. The maximum Gasteiger partial charge on any atom is 0.328 e. The van der Waals surface area contributed by atoms with Gasteiger partial charge in [-0.2, -0.15) is 0 Å². The molecule has 1 aliphatic carbocycles. The minimum absolute atomic E-state index is 0. The van der Waals surface area contributed by atoms with E-state index in [-0.39, 0.29) is 23.9 Å². The highest BCUT2D eigenvalue weighted by Gasteiger charge is 2.28. The van der Waals surface area contributed by atoms with E-state index in [4.69, 9.17) is 4.74 Å². The van der Waals surface area contributed by atoms with Crippen LogP contribution >= 0.6 is 15.9 Å². The van der Waals surface area contributed by atoms with E-state index in [1.165, 1.54) is 21.9 Å². The molecule has 0 bridgehead atoms. The van der Waals surface area contributed by atoms with Gasteiger partial charge in [-0.25, -0.2) is 4.79 Å². The third-order valence-corrected chi connectivity index (χ3v) is 5.32. The van der Waals surface area contributed by atoms with Crippen molar-refractivity contribution >= 4 is 22.2 Å². The van der Waals surface area contributed by atoms with Crippen molar-refractivity contribution < 1.29 is 9.53 Å². The number of rotatable bonds is 9. The summed E-state index contributed by atoms with van der Waals surface area (Å²) in [6, 6.07) is -0.282. The number of nitrogens with zero attached hydrogens (tertiary/aromatic N) is 1. The molecule has 0 saturated carbocycles. The Morgan fingerprint density at radius 1 is 1.31 bits per heavy atom. The summed E-state index contributed by atoms with van der Waals surface area (Å²) in [6.07, 6.45) is 10.9. The summed E-state index contributed by atoms with van der Waals surface area (Å²) in [5.41, 5.74) is 2.27. The summed E-state index contributed by atoms with van der Waals surface area (Å²) >= 11 is 3.14. The smallest absolute Gasteiger partial charge is 0.328 e. The number of hydrogen-bond donors (Lipinski definition) is 1. The van der Waals surface area contributed by atoms with Crippen LogP contribution in [0.15, 0.2) is 55.2 Å². The van der Waals surface area contributed by atoms with Crippen molar-refractivity contribution in [1.29, 1.82) is 0 Å². The lowest BCUT2D eigenvalue weighted by molar-refractivity contribution is -0.105. The topological polar surface area (TPSA) is 81.2 Å². The second-order valence-corrected chi connectivity index (χ2v) is 8.19. The third kappa shape index (κ3) is 7.40. The van der Waals surface area contributed by atoms with Crippen LogP contribution in [0.5, 0.6) is 0 Å². The molecule has 1 aliphatic rings. The van der Waals surface area contributed by atoms with Crippen molar-refractivity contribution in [2.75, 3.05) is 13.2 Å². The van der Waals surface area contributed by atoms with Gasteiger partial charge in [-0.15, -0.1) is 0 Å². The fourth-order valence-electron chi connectivity index (χ4n) is 3.16. The molecule has 0 aromatic carbocycles. The van der Waals surface area contributed by atoms with Gasteiger partial charge < -0.3 is 4.74 Å². The zero-order valence-electron chi connectivity index (χ0n) is 16.5. The van der Waals surface area contributed by atoms with E-state index in [1.807, 2.05) is 0 Å². The Balaban J connectivity index is 0.00000420. The third-order valence-electron chi connectivity index (χ3n) is 4.76. The van der Waals surface area contributed by atoms with Crippen LogP contribution in [-0.2, 0) is 9.53 Å². The minimum atomic E-state index is -0.490. The van der Waals surface area contributed by atoms with Crippen LogP contribution in [0.1, 0.15) is 53.5 Å². The zero-order chi connectivity index (χ0) is 20.7. The van der Waals surface area contributed by atoms with Crippen LogP contribution in [0, 0.1) is 5.92 Å². The van der Waals surface area contributed by atoms with E-state index in [2.05, 4.69) is 53.8 Å². The van der Waals surface area contributed by atoms with Crippen LogP contribution in [-0.4, -0.2) is 29.1 Å². The maximum absolute atomic E-state index is 12.1. The van der Waals surface area contributed by atoms with Crippen molar-refractivity contribution in [3.05, 3.63) is 66.5 Å². The fraction of sp³-hybridized carbons (Fsp3) is 0.500. The van der Waals surface area contributed by atoms with Gasteiger partial charge in [-0.05, 0) is 61.5 Å². The van der Waals surface area contributed by atoms with Gasteiger partial charge in [0, 0.05) is 12.1 Å². The van der Waals surface area contributed by atoms with Gasteiger partial charge in [0.25, 0.3) is 5.56 Å². The molecular formula is C22H31BrN2O4. The molecule has 29 heavy (non-hydrogen) atoms. The summed E-state index contributed by atoms with van der Waals surface area (Å²) in [5, 5.41) is 0. The number of H-pyrrole nitrogens is 1. The highest BCUT2D eigenvalue weighted by molar-refractivity contribution is 9.10. The van der Waals surface area contributed by atoms with E-state index in [1.54, 1.807) is 6.08 Å². The SMILES string of the molecule is C.CC(C)=CCC/C(C)=C/COCC1CC(n2cc(Br)c(=O)[nH]c2=O)C=C1C=O. The Hall–Kier alpha value is -1.99.